The van der Waals surface area contributed by atoms with Gasteiger partial charge in [-0.1, -0.05) is 12.2 Å². The summed E-state index contributed by atoms with van der Waals surface area (Å²) in [6.07, 6.45) is 3.50. The van der Waals surface area contributed by atoms with Gasteiger partial charge in [0, 0.05) is 17.5 Å². The molecule has 2 nitrogen and oxygen atoms in total. The van der Waals surface area contributed by atoms with Crippen LogP contribution in [0.5, 0.6) is 0 Å². The van der Waals surface area contributed by atoms with Gasteiger partial charge in [0.1, 0.15) is 11.6 Å². The van der Waals surface area contributed by atoms with Crippen LogP contribution in [0.1, 0.15) is 22.3 Å². The molecule has 0 aliphatic carbocycles. The van der Waals surface area contributed by atoms with E-state index in [1.807, 2.05) is 0 Å². The maximum atomic E-state index is 13.2. The molecule has 16 heavy (non-hydrogen) atoms. The van der Waals surface area contributed by atoms with Gasteiger partial charge in [0.15, 0.2) is 0 Å². The molecule has 0 bridgehead atoms. The van der Waals surface area contributed by atoms with Crippen molar-refractivity contribution in [1.82, 2.24) is 0 Å². The van der Waals surface area contributed by atoms with E-state index in [1.54, 1.807) is 6.08 Å². The average Bonchev–Trinajstić information content (AvgIpc) is 2.21. The Morgan fingerprint density at radius 3 is 2.62 bits per heavy atom. The normalized spacial score (nSPS) is 10.9. The Bertz CT molecular complexity index is 430. The van der Waals surface area contributed by atoms with Crippen LogP contribution in [0, 0.1) is 11.6 Å². The van der Waals surface area contributed by atoms with E-state index in [9.17, 15) is 13.6 Å². The summed E-state index contributed by atoms with van der Waals surface area (Å²) in [6.45, 7) is 0. The fourth-order valence-electron chi connectivity index (χ4n) is 1.13. The minimum Gasteiger partial charge on any atom is -0.478 e. The highest BCUT2D eigenvalue weighted by Gasteiger charge is 2.13. The highest BCUT2D eigenvalue weighted by molar-refractivity contribution is 6.17. The van der Waals surface area contributed by atoms with Crippen LogP contribution >= 0.6 is 11.6 Å². The predicted molar refractivity (Wildman–Crippen MR) is 57.7 cm³/mol. The topological polar surface area (TPSA) is 37.3 Å². The second kappa shape index (κ2) is 5.61. The standard InChI is InChI=1S/C11H9ClF2O2/c12-4-2-1-3-7-5-8(11(15)16)10(14)6-9(7)13/h1,3,5-6H,2,4H2,(H,15,16). The maximum Gasteiger partial charge on any atom is 0.338 e. The van der Waals surface area contributed by atoms with Gasteiger partial charge in [-0.15, -0.1) is 11.6 Å². The Kier molecular flexibility index (Phi) is 4.43. The van der Waals surface area contributed by atoms with Crippen LogP contribution in [0.25, 0.3) is 6.08 Å². The maximum absolute atomic E-state index is 13.2. The third kappa shape index (κ3) is 3.03. The van der Waals surface area contributed by atoms with Crippen molar-refractivity contribution in [2.24, 2.45) is 0 Å². The summed E-state index contributed by atoms with van der Waals surface area (Å²) in [6, 6.07) is 1.52. The largest absolute Gasteiger partial charge is 0.478 e. The average molecular weight is 247 g/mol. The van der Waals surface area contributed by atoms with Crippen molar-refractivity contribution < 1.29 is 18.7 Å². The first kappa shape index (κ1) is 12.6. The van der Waals surface area contributed by atoms with E-state index in [0.29, 0.717) is 18.4 Å². The van der Waals surface area contributed by atoms with Crippen LogP contribution in [0.4, 0.5) is 8.78 Å². The van der Waals surface area contributed by atoms with Crippen molar-refractivity contribution >= 4 is 23.6 Å². The monoisotopic (exact) mass is 246 g/mol. The number of carbonyl (C=O) groups is 1. The quantitative estimate of drug-likeness (QED) is 0.828. The molecule has 0 atom stereocenters. The van der Waals surface area contributed by atoms with Gasteiger partial charge >= 0.3 is 5.97 Å². The van der Waals surface area contributed by atoms with Crippen LogP contribution in [0.3, 0.4) is 0 Å². The summed E-state index contributed by atoms with van der Waals surface area (Å²) in [7, 11) is 0. The molecule has 0 aliphatic heterocycles. The molecule has 0 fully saturated rings. The molecule has 0 saturated carbocycles. The van der Waals surface area contributed by atoms with E-state index in [1.165, 1.54) is 6.08 Å². The van der Waals surface area contributed by atoms with Gasteiger partial charge < -0.3 is 5.11 Å². The van der Waals surface area contributed by atoms with Crippen LogP contribution in [-0.4, -0.2) is 17.0 Å². The molecule has 86 valence electrons. The summed E-state index contributed by atoms with van der Waals surface area (Å²) in [4.78, 5) is 10.6. The number of carboxylic acid groups (broad SMARTS) is 1. The molecule has 0 heterocycles. The van der Waals surface area contributed by atoms with E-state index in [-0.39, 0.29) is 5.56 Å². The molecule has 0 spiro atoms. The second-order valence-corrected chi connectivity index (χ2v) is 3.42. The molecule has 5 heteroatoms. The molecule has 0 unspecified atom stereocenters. The molecular weight excluding hydrogens is 238 g/mol. The first-order chi connectivity index (χ1) is 7.56. The number of carboxylic acids is 1. The molecule has 0 radical (unpaired) electrons. The number of benzene rings is 1. The Morgan fingerprint density at radius 2 is 2.06 bits per heavy atom. The van der Waals surface area contributed by atoms with Crippen molar-refractivity contribution in [3.63, 3.8) is 0 Å². The summed E-state index contributed by atoms with van der Waals surface area (Å²) < 4.78 is 26.2. The molecule has 0 aromatic heterocycles. The summed E-state index contributed by atoms with van der Waals surface area (Å²) in [5.41, 5.74) is -0.518. The van der Waals surface area contributed by atoms with E-state index in [2.05, 4.69) is 0 Å². The number of alkyl halides is 1. The van der Waals surface area contributed by atoms with Gasteiger partial charge in [-0.25, -0.2) is 13.6 Å². The Morgan fingerprint density at radius 1 is 1.38 bits per heavy atom. The van der Waals surface area contributed by atoms with Gasteiger partial charge in [-0.3, -0.25) is 0 Å². The van der Waals surface area contributed by atoms with Gasteiger partial charge in [0.2, 0.25) is 0 Å². The second-order valence-electron chi connectivity index (χ2n) is 3.04. The lowest BCUT2D eigenvalue weighted by molar-refractivity contribution is 0.0691. The lowest BCUT2D eigenvalue weighted by atomic mass is 10.1. The first-order valence-corrected chi connectivity index (χ1v) is 5.04. The van der Waals surface area contributed by atoms with E-state index in [4.69, 9.17) is 16.7 Å². The smallest absolute Gasteiger partial charge is 0.338 e. The highest BCUT2D eigenvalue weighted by Crippen LogP contribution is 2.16. The molecule has 0 saturated heterocycles. The molecule has 1 aromatic rings. The summed E-state index contributed by atoms with van der Waals surface area (Å²) in [5.74, 6) is -2.93. The number of hydrogen-bond acceptors (Lipinski definition) is 1. The number of aromatic carboxylic acids is 1. The SMILES string of the molecule is O=C(O)c1cc(C=CCCCl)c(F)cc1F. The third-order valence-corrected chi connectivity index (χ3v) is 2.11. The highest BCUT2D eigenvalue weighted by atomic mass is 35.5. The van der Waals surface area contributed by atoms with Gasteiger partial charge in [0.05, 0.1) is 5.56 Å². The molecule has 1 aromatic carbocycles. The Balaban J connectivity index is 3.09. The van der Waals surface area contributed by atoms with E-state index < -0.39 is 23.2 Å². The summed E-state index contributed by atoms with van der Waals surface area (Å²) in [5, 5.41) is 8.64. The lowest BCUT2D eigenvalue weighted by Crippen LogP contribution is -2.02. The number of halogens is 3. The third-order valence-electron chi connectivity index (χ3n) is 1.89. The van der Waals surface area contributed by atoms with Crippen molar-refractivity contribution in [1.29, 1.82) is 0 Å². The lowest BCUT2D eigenvalue weighted by Gasteiger charge is -2.01. The van der Waals surface area contributed by atoms with Crippen molar-refractivity contribution in [3.05, 3.63) is 41.0 Å². The van der Waals surface area contributed by atoms with Gasteiger partial charge in [-0.2, -0.15) is 0 Å². The first-order valence-electron chi connectivity index (χ1n) is 4.51. The van der Waals surface area contributed by atoms with E-state index >= 15 is 0 Å². The molecule has 0 amide bonds. The number of allylic oxidation sites excluding steroid dienone is 1. The van der Waals surface area contributed by atoms with Crippen LogP contribution in [0.2, 0.25) is 0 Å². The Labute approximate surface area is 96.2 Å². The van der Waals surface area contributed by atoms with Crippen molar-refractivity contribution in [2.45, 2.75) is 6.42 Å². The zero-order valence-corrected chi connectivity index (χ0v) is 8.97. The van der Waals surface area contributed by atoms with Crippen LogP contribution in [-0.2, 0) is 0 Å². The van der Waals surface area contributed by atoms with Crippen LogP contribution < -0.4 is 0 Å². The number of hydrogen-bond donors (Lipinski definition) is 1. The summed E-state index contributed by atoms with van der Waals surface area (Å²) >= 11 is 5.42. The molecule has 0 aliphatic rings. The molecule has 1 N–H and O–H groups in total. The zero-order valence-electron chi connectivity index (χ0n) is 8.21. The minimum absolute atomic E-state index is 0.0314. The van der Waals surface area contributed by atoms with Gasteiger partial charge in [0.25, 0.3) is 0 Å². The zero-order chi connectivity index (χ0) is 12.1. The Hall–Kier alpha value is -1.42. The van der Waals surface area contributed by atoms with Gasteiger partial charge in [-0.05, 0) is 12.5 Å². The molecule has 1 rings (SSSR count). The minimum atomic E-state index is -1.43. The van der Waals surface area contributed by atoms with Crippen LogP contribution in [0.15, 0.2) is 18.2 Å². The number of rotatable bonds is 4. The fourth-order valence-corrected chi connectivity index (χ4v) is 1.26. The fraction of sp³-hybridized carbons (Fsp3) is 0.182. The molecular formula is C11H9ClF2O2. The van der Waals surface area contributed by atoms with Crippen molar-refractivity contribution in [3.8, 4) is 0 Å². The van der Waals surface area contributed by atoms with Crippen molar-refractivity contribution in [2.75, 3.05) is 5.88 Å². The van der Waals surface area contributed by atoms with E-state index in [0.717, 1.165) is 6.07 Å². The predicted octanol–water partition coefficient (Wildman–Crippen LogP) is 3.31.